The second-order valence-corrected chi connectivity index (χ2v) is 16.4. The van der Waals surface area contributed by atoms with E-state index in [0.29, 0.717) is 33.0 Å². The van der Waals surface area contributed by atoms with Gasteiger partial charge in [-0.15, -0.1) is 0 Å². The molecule has 0 bridgehead atoms. The number of fused-ring (bicyclic) bond motifs is 7. The van der Waals surface area contributed by atoms with Crippen molar-refractivity contribution in [2.24, 2.45) is 50.2 Å². The van der Waals surface area contributed by atoms with E-state index in [1.807, 2.05) is 5.57 Å². The average Bonchev–Trinajstić information content (AvgIpc) is 2.77. The molecule has 0 amide bonds. The topological polar surface area (TPSA) is 26.3 Å². The van der Waals surface area contributed by atoms with Crippen molar-refractivity contribution in [3.63, 3.8) is 0 Å². The molecule has 198 valence electrons. The van der Waals surface area contributed by atoms with Crippen molar-refractivity contribution in [1.29, 1.82) is 0 Å². The van der Waals surface area contributed by atoms with Gasteiger partial charge >= 0.3 is 5.97 Å². The Kier molecular flexibility index (Phi) is 6.23. The minimum atomic E-state index is -0.110. The lowest BCUT2D eigenvalue weighted by molar-refractivity contribution is -0.211. The van der Waals surface area contributed by atoms with Crippen LogP contribution in [0.15, 0.2) is 11.6 Å². The van der Waals surface area contributed by atoms with Crippen molar-refractivity contribution >= 4 is 28.6 Å². The number of ether oxygens (including phenoxy) is 1. The van der Waals surface area contributed by atoms with E-state index in [2.05, 4.69) is 77.1 Å². The molecule has 0 aliphatic heterocycles. The molecule has 0 spiro atoms. The van der Waals surface area contributed by atoms with Crippen LogP contribution in [0.4, 0.5) is 0 Å². The molecule has 4 saturated carbocycles. The zero-order valence-electron chi connectivity index (χ0n) is 23.9. The molecule has 35 heavy (non-hydrogen) atoms. The van der Waals surface area contributed by atoms with Crippen LogP contribution in [-0.4, -0.2) is 16.5 Å². The predicted molar refractivity (Wildman–Crippen MR) is 153 cm³/mol. The smallest absolute Gasteiger partial charge is 0.302 e. The van der Waals surface area contributed by atoms with Crippen molar-refractivity contribution in [1.82, 2.24) is 0 Å². The van der Waals surface area contributed by atoms with E-state index in [4.69, 9.17) is 4.74 Å². The Morgan fingerprint density at radius 3 is 2.29 bits per heavy atom. The van der Waals surface area contributed by atoms with E-state index in [1.165, 1.54) is 62.2 Å². The largest absolute Gasteiger partial charge is 0.462 e. The van der Waals surface area contributed by atoms with Crippen LogP contribution in [-0.2, 0) is 9.53 Å². The maximum absolute atomic E-state index is 11.9. The van der Waals surface area contributed by atoms with Gasteiger partial charge in [0, 0.05) is 16.8 Å². The summed E-state index contributed by atoms with van der Waals surface area (Å²) in [4.78, 5) is 11.9. The average molecular weight is 595 g/mol. The number of hydrogen-bond donors (Lipinski definition) is 0. The van der Waals surface area contributed by atoms with E-state index < -0.39 is 0 Å². The van der Waals surface area contributed by atoms with Crippen molar-refractivity contribution in [2.45, 2.75) is 126 Å². The number of rotatable bonds is 2. The maximum Gasteiger partial charge on any atom is 0.302 e. The summed E-state index contributed by atoms with van der Waals surface area (Å²) in [7, 11) is 0. The van der Waals surface area contributed by atoms with Gasteiger partial charge in [-0.1, -0.05) is 82.7 Å². The van der Waals surface area contributed by atoms with Crippen molar-refractivity contribution < 1.29 is 9.53 Å². The highest BCUT2D eigenvalue weighted by Crippen LogP contribution is 2.75. The second kappa shape index (κ2) is 8.22. The van der Waals surface area contributed by atoms with Gasteiger partial charge < -0.3 is 4.74 Å². The fraction of sp³-hybridized carbons (Fsp3) is 0.906. The number of allylic oxidation sites excluding steroid dienone is 2. The Bertz CT molecular complexity index is 923. The molecule has 0 heterocycles. The number of hydrogen-bond acceptors (Lipinski definition) is 2. The molecule has 9 atom stereocenters. The SMILES string of the molecule is CC(=O)OC1CCC2(C)C(CCC3(C)C2CC=C2C4CC(C)(CI)CCC4(C)CCC23C)C1(C)C. The van der Waals surface area contributed by atoms with Gasteiger partial charge in [0.2, 0.25) is 0 Å². The van der Waals surface area contributed by atoms with Crippen LogP contribution in [0.1, 0.15) is 120 Å². The summed E-state index contributed by atoms with van der Waals surface area (Å²) < 4.78 is 7.21. The summed E-state index contributed by atoms with van der Waals surface area (Å²) in [5, 5.41) is 0. The molecule has 0 aromatic heterocycles. The molecular formula is C32H51IO2. The monoisotopic (exact) mass is 594 g/mol. The van der Waals surface area contributed by atoms with E-state index in [1.54, 1.807) is 6.92 Å². The molecule has 0 radical (unpaired) electrons. The molecule has 4 fully saturated rings. The number of carbonyl (C=O) groups is 1. The van der Waals surface area contributed by atoms with Gasteiger partial charge in [-0.25, -0.2) is 0 Å². The van der Waals surface area contributed by atoms with Crippen LogP contribution >= 0.6 is 22.6 Å². The molecule has 0 N–H and O–H groups in total. The van der Waals surface area contributed by atoms with E-state index in [-0.39, 0.29) is 17.5 Å². The number of esters is 1. The minimum absolute atomic E-state index is 0.0432. The van der Waals surface area contributed by atoms with Crippen LogP contribution in [0.3, 0.4) is 0 Å². The zero-order chi connectivity index (χ0) is 25.7. The van der Waals surface area contributed by atoms with Crippen LogP contribution in [0.2, 0.25) is 0 Å². The quantitative estimate of drug-likeness (QED) is 0.138. The molecule has 9 unspecified atom stereocenters. The highest BCUT2D eigenvalue weighted by Gasteiger charge is 2.68. The molecule has 5 aliphatic rings. The van der Waals surface area contributed by atoms with Crippen LogP contribution < -0.4 is 0 Å². The first-order valence-electron chi connectivity index (χ1n) is 14.6. The summed E-state index contributed by atoms with van der Waals surface area (Å²) in [5.74, 6) is 2.01. The molecule has 0 aromatic rings. The standard InChI is InChI=1S/C32H51IO2/c1-21(34)35-26-12-13-30(6)24(27(26,2)3)11-14-32(8)25(30)10-9-22-23-19-28(4,20-33)15-16-29(23,5)17-18-31(22,32)7/h9,23-26H,10-20H2,1-8H3. The van der Waals surface area contributed by atoms with Gasteiger partial charge in [-0.2, -0.15) is 0 Å². The zero-order valence-corrected chi connectivity index (χ0v) is 26.0. The summed E-state index contributed by atoms with van der Waals surface area (Å²) in [6.07, 6.45) is 16.0. The Balaban J connectivity index is 1.52. The Morgan fingerprint density at radius 2 is 1.63 bits per heavy atom. The van der Waals surface area contributed by atoms with Crippen LogP contribution in [0.25, 0.3) is 0 Å². The lowest BCUT2D eigenvalue weighted by Crippen LogP contribution is -2.64. The highest BCUT2D eigenvalue weighted by atomic mass is 127. The summed E-state index contributed by atoms with van der Waals surface area (Å²) in [6.45, 7) is 19.6. The molecule has 0 saturated heterocycles. The van der Waals surface area contributed by atoms with Gasteiger partial charge in [-0.05, 0) is 109 Å². The lowest BCUT2D eigenvalue weighted by Gasteiger charge is -2.71. The molecule has 5 rings (SSSR count). The summed E-state index contributed by atoms with van der Waals surface area (Å²) >= 11 is 2.66. The molecule has 0 aromatic carbocycles. The lowest BCUT2D eigenvalue weighted by atomic mass is 9.33. The molecule has 5 aliphatic carbocycles. The Labute approximate surface area is 229 Å². The van der Waals surface area contributed by atoms with Gasteiger partial charge in [0.15, 0.2) is 0 Å². The number of halogens is 1. The minimum Gasteiger partial charge on any atom is -0.462 e. The summed E-state index contributed by atoms with van der Waals surface area (Å²) in [5.41, 5.74) is 3.94. The third-order valence-corrected chi connectivity index (χ3v) is 15.3. The molecule has 3 heteroatoms. The van der Waals surface area contributed by atoms with Gasteiger partial charge in [0.1, 0.15) is 6.10 Å². The number of carbonyl (C=O) groups excluding carboxylic acids is 1. The first-order chi connectivity index (χ1) is 16.2. The molecule has 2 nitrogen and oxygen atoms in total. The first-order valence-corrected chi connectivity index (χ1v) is 16.1. The van der Waals surface area contributed by atoms with Crippen LogP contribution in [0, 0.1) is 50.2 Å². The Morgan fingerprint density at radius 1 is 0.943 bits per heavy atom. The van der Waals surface area contributed by atoms with Crippen molar-refractivity contribution in [3.8, 4) is 0 Å². The van der Waals surface area contributed by atoms with Crippen molar-refractivity contribution in [3.05, 3.63) is 11.6 Å². The van der Waals surface area contributed by atoms with Crippen molar-refractivity contribution in [2.75, 3.05) is 4.43 Å². The van der Waals surface area contributed by atoms with E-state index in [0.717, 1.165) is 18.3 Å². The van der Waals surface area contributed by atoms with Crippen LogP contribution in [0.5, 0.6) is 0 Å². The highest BCUT2D eigenvalue weighted by molar-refractivity contribution is 14.1. The second-order valence-electron chi connectivity index (χ2n) is 15.6. The third kappa shape index (κ3) is 3.61. The fourth-order valence-electron chi connectivity index (χ4n) is 10.9. The third-order valence-electron chi connectivity index (χ3n) is 13.5. The normalized spacial score (nSPS) is 52.8. The predicted octanol–water partition coefficient (Wildman–Crippen LogP) is 9.15. The maximum atomic E-state index is 11.9. The molecular weight excluding hydrogens is 543 g/mol. The number of alkyl halides is 1. The van der Waals surface area contributed by atoms with Gasteiger partial charge in [0.25, 0.3) is 0 Å². The van der Waals surface area contributed by atoms with Gasteiger partial charge in [-0.3, -0.25) is 4.79 Å². The van der Waals surface area contributed by atoms with E-state index >= 15 is 0 Å². The van der Waals surface area contributed by atoms with Gasteiger partial charge in [0.05, 0.1) is 0 Å². The Hall–Kier alpha value is -0.0600. The van der Waals surface area contributed by atoms with E-state index in [9.17, 15) is 4.79 Å². The summed E-state index contributed by atoms with van der Waals surface area (Å²) in [6, 6.07) is 0. The first kappa shape index (κ1) is 26.5. The fourth-order valence-corrected chi connectivity index (χ4v) is 11.6.